The van der Waals surface area contributed by atoms with Crippen molar-refractivity contribution in [2.45, 2.75) is 26.7 Å². The molecule has 18 heavy (non-hydrogen) atoms. The number of nitrogens with one attached hydrogen (secondary N) is 2. The quantitative estimate of drug-likeness (QED) is 0.834. The second-order valence-electron chi connectivity index (χ2n) is 3.97. The van der Waals surface area contributed by atoms with E-state index in [2.05, 4.69) is 45.9 Å². The van der Waals surface area contributed by atoms with E-state index in [9.17, 15) is 0 Å². The second kappa shape index (κ2) is 6.35. The lowest BCUT2D eigenvalue weighted by Crippen LogP contribution is -2.07. The summed E-state index contributed by atoms with van der Waals surface area (Å²) in [4.78, 5) is 8.67. The molecule has 2 heterocycles. The number of aromatic nitrogens is 2. The first-order valence-electron chi connectivity index (χ1n) is 6.22. The molecule has 0 aliphatic rings. The van der Waals surface area contributed by atoms with E-state index in [1.54, 1.807) is 17.7 Å². The minimum Gasteiger partial charge on any atom is -0.370 e. The van der Waals surface area contributed by atoms with E-state index < -0.39 is 0 Å². The van der Waals surface area contributed by atoms with E-state index in [0.29, 0.717) is 0 Å². The Kier molecular flexibility index (Phi) is 4.52. The zero-order valence-electron chi connectivity index (χ0n) is 10.7. The van der Waals surface area contributed by atoms with Crippen molar-refractivity contribution in [3.8, 4) is 0 Å². The molecule has 2 aromatic rings. The zero-order valence-corrected chi connectivity index (χ0v) is 11.5. The first-order chi connectivity index (χ1) is 8.85. The van der Waals surface area contributed by atoms with Gasteiger partial charge in [-0.25, -0.2) is 9.97 Å². The number of nitrogens with zero attached hydrogens (tertiary/aromatic N) is 2. The summed E-state index contributed by atoms with van der Waals surface area (Å²) in [7, 11) is 0. The van der Waals surface area contributed by atoms with Crippen LogP contribution < -0.4 is 10.6 Å². The highest BCUT2D eigenvalue weighted by atomic mass is 32.1. The maximum atomic E-state index is 4.36. The predicted octanol–water partition coefficient (Wildman–Crippen LogP) is 3.67. The Morgan fingerprint density at radius 2 is 2.06 bits per heavy atom. The van der Waals surface area contributed by atoms with Gasteiger partial charge in [0, 0.05) is 17.5 Å². The van der Waals surface area contributed by atoms with Gasteiger partial charge in [0.1, 0.15) is 18.0 Å². The molecule has 2 N–H and O–H groups in total. The molecule has 0 radical (unpaired) electrons. The molecule has 5 heteroatoms. The summed E-state index contributed by atoms with van der Waals surface area (Å²) in [5.41, 5.74) is 2.24. The monoisotopic (exact) mass is 262 g/mol. The summed E-state index contributed by atoms with van der Waals surface area (Å²) < 4.78 is 0. The lowest BCUT2D eigenvalue weighted by atomic mass is 10.1. The lowest BCUT2D eigenvalue weighted by Gasteiger charge is -2.13. The number of anilines is 3. The molecule has 2 aromatic heterocycles. The van der Waals surface area contributed by atoms with Crippen LogP contribution in [0, 0.1) is 0 Å². The Labute approximate surface area is 111 Å². The molecule has 0 fully saturated rings. The Balaban J connectivity index is 2.29. The number of hydrogen-bond donors (Lipinski definition) is 2. The van der Waals surface area contributed by atoms with Crippen molar-refractivity contribution < 1.29 is 0 Å². The maximum absolute atomic E-state index is 4.36. The summed E-state index contributed by atoms with van der Waals surface area (Å²) in [5.74, 6) is 1.84. The van der Waals surface area contributed by atoms with E-state index in [4.69, 9.17) is 0 Å². The largest absolute Gasteiger partial charge is 0.370 e. The highest BCUT2D eigenvalue weighted by Gasteiger charge is 2.10. The highest BCUT2D eigenvalue weighted by molar-refractivity contribution is 7.08. The molecule has 0 bridgehead atoms. The Bertz CT molecular complexity index is 482. The first kappa shape index (κ1) is 12.8. The molecule has 0 aliphatic carbocycles. The molecule has 0 unspecified atom stereocenters. The van der Waals surface area contributed by atoms with Gasteiger partial charge in [-0.15, -0.1) is 0 Å². The summed E-state index contributed by atoms with van der Waals surface area (Å²) in [6.45, 7) is 5.10. The van der Waals surface area contributed by atoms with Gasteiger partial charge in [0.15, 0.2) is 0 Å². The summed E-state index contributed by atoms with van der Waals surface area (Å²) >= 11 is 1.67. The molecule has 0 saturated heterocycles. The average molecular weight is 262 g/mol. The fourth-order valence-corrected chi connectivity index (χ4v) is 2.39. The van der Waals surface area contributed by atoms with E-state index in [1.165, 1.54) is 0 Å². The molecule has 0 aromatic carbocycles. The predicted molar refractivity (Wildman–Crippen MR) is 77.8 cm³/mol. The Morgan fingerprint density at radius 3 is 2.72 bits per heavy atom. The minimum absolute atomic E-state index is 0.867. The van der Waals surface area contributed by atoms with Gasteiger partial charge in [0.05, 0.1) is 5.69 Å². The van der Waals surface area contributed by atoms with Crippen molar-refractivity contribution >= 4 is 28.7 Å². The van der Waals surface area contributed by atoms with Crippen LogP contribution in [0.4, 0.5) is 17.3 Å². The fraction of sp³-hybridized carbons (Fsp3) is 0.385. The molecule has 0 amide bonds. The molecule has 96 valence electrons. The Hall–Kier alpha value is -1.62. The van der Waals surface area contributed by atoms with Crippen molar-refractivity contribution in [2.24, 2.45) is 0 Å². The number of hydrogen-bond acceptors (Lipinski definition) is 5. The van der Waals surface area contributed by atoms with Gasteiger partial charge in [-0.3, -0.25) is 0 Å². The first-order valence-corrected chi connectivity index (χ1v) is 7.16. The van der Waals surface area contributed by atoms with Crippen LogP contribution in [-0.4, -0.2) is 16.5 Å². The van der Waals surface area contributed by atoms with Crippen molar-refractivity contribution in [1.82, 2.24) is 9.97 Å². The van der Waals surface area contributed by atoms with E-state index in [1.807, 2.05) is 5.38 Å². The normalized spacial score (nSPS) is 10.3. The molecule has 0 atom stereocenters. The van der Waals surface area contributed by atoms with Crippen molar-refractivity contribution in [3.05, 3.63) is 28.7 Å². The van der Waals surface area contributed by atoms with Crippen molar-refractivity contribution in [1.29, 1.82) is 0 Å². The second-order valence-corrected chi connectivity index (χ2v) is 4.75. The summed E-state index contributed by atoms with van der Waals surface area (Å²) in [5, 5.41) is 10.8. The third-order valence-electron chi connectivity index (χ3n) is 2.57. The van der Waals surface area contributed by atoms with Crippen LogP contribution in [-0.2, 0) is 6.42 Å². The molecular weight excluding hydrogens is 244 g/mol. The molecule has 0 spiro atoms. The third-order valence-corrected chi connectivity index (χ3v) is 3.26. The van der Waals surface area contributed by atoms with Crippen LogP contribution in [0.1, 0.15) is 25.8 Å². The van der Waals surface area contributed by atoms with Gasteiger partial charge in [0.25, 0.3) is 0 Å². The van der Waals surface area contributed by atoms with Gasteiger partial charge in [-0.05, 0) is 24.8 Å². The molecule has 0 aliphatic heterocycles. The van der Waals surface area contributed by atoms with Crippen molar-refractivity contribution in [2.75, 3.05) is 17.2 Å². The molecule has 2 rings (SSSR count). The molecular formula is C13H18N4S. The summed E-state index contributed by atoms with van der Waals surface area (Å²) in [6, 6.07) is 2.05. The highest BCUT2D eigenvalue weighted by Crippen LogP contribution is 2.25. The minimum atomic E-state index is 0.867. The van der Waals surface area contributed by atoms with Crippen LogP contribution in [0.25, 0.3) is 0 Å². The fourth-order valence-electron chi connectivity index (χ4n) is 1.80. The van der Waals surface area contributed by atoms with Gasteiger partial charge in [-0.2, -0.15) is 11.3 Å². The van der Waals surface area contributed by atoms with Crippen LogP contribution >= 0.6 is 11.3 Å². The standard InChI is InChI=1S/C13H18N4S/c1-3-5-11-12(14-4-2)15-9-16-13(11)17-10-6-7-18-8-10/h6-9H,3-5H2,1-2H3,(H2,14,15,16,17). The number of thiophene rings is 1. The number of rotatable bonds is 6. The van der Waals surface area contributed by atoms with Gasteiger partial charge in [-0.1, -0.05) is 13.3 Å². The zero-order chi connectivity index (χ0) is 12.8. The van der Waals surface area contributed by atoms with E-state index >= 15 is 0 Å². The van der Waals surface area contributed by atoms with E-state index in [0.717, 1.165) is 42.3 Å². The molecule has 0 saturated carbocycles. The van der Waals surface area contributed by atoms with Gasteiger partial charge < -0.3 is 10.6 Å². The maximum Gasteiger partial charge on any atom is 0.139 e. The topological polar surface area (TPSA) is 49.8 Å². The van der Waals surface area contributed by atoms with Crippen LogP contribution in [0.5, 0.6) is 0 Å². The summed E-state index contributed by atoms with van der Waals surface area (Å²) in [6.07, 6.45) is 3.64. The van der Waals surface area contributed by atoms with Crippen LogP contribution in [0.2, 0.25) is 0 Å². The van der Waals surface area contributed by atoms with Crippen LogP contribution in [0.15, 0.2) is 23.2 Å². The van der Waals surface area contributed by atoms with Gasteiger partial charge >= 0.3 is 0 Å². The SMILES string of the molecule is CCCc1c(NCC)ncnc1Nc1ccsc1. The third kappa shape index (κ3) is 2.98. The Morgan fingerprint density at radius 1 is 1.22 bits per heavy atom. The van der Waals surface area contributed by atoms with Crippen molar-refractivity contribution in [3.63, 3.8) is 0 Å². The lowest BCUT2D eigenvalue weighted by molar-refractivity contribution is 0.902. The van der Waals surface area contributed by atoms with Crippen LogP contribution in [0.3, 0.4) is 0 Å². The average Bonchev–Trinajstić information content (AvgIpc) is 2.86. The van der Waals surface area contributed by atoms with E-state index in [-0.39, 0.29) is 0 Å². The smallest absolute Gasteiger partial charge is 0.139 e. The molecule has 4 nitrogen and oxygen atoms in total. The van der Waals surface area contributed by atoms with Gasteiger partial charge in [0.2, 0.25) is 0 Å².